The Labute approximate surface area is 263 Å². The lowest BCUT2D eigenvalue weighted by molar-refractivity contribution is -0.118. The van der Waals surface area contributed by atoms with Crippen LogP contribution in [0.15, 0.2) is 106 Å². The number of carbonyl (C=O) groups is 1. The Bertz CT molecular complexity index is 1850. The Morgan fingerprint density at radius 3 is 2.41 bits per heavy atom. The van der Waals surface area contributed by atoms with E-state index < -0.39 is 11.7 Å². The van der Waals surface area contributed by atoms with Crippen molar-refractivity contribution in [3.05, 3.63) is 123 Å². The molecular formula is C34H30BrFN6O2. The lowest BCUT2D eigenvalue weighted by atomic mass is 9.69. The molecule has 0 bridgehead atoms. The molecule has 0 saturated heterocycles. The number of nitrogens with one attached hydrogen (secondary N) is 1. The Hall–Kier alpha value is -4.88. The predicted octanol–water partition coefficient (Wildman–Crippen LogP) is 7.64. The topological polar surface area (TPSA) is 109 Å². The monoisotopic (exact) mass is 652 g/mol. The van der Waals surface area contributed by atoms with Gasteiger partial charge in [0.05, 0.1) is 45.9 Å². The molecule has 1 aliphatic heterocycles. The first kappa shape index (κ1) is 29.2. The van der Waals surface area contributed by atoms with Crippen LogP contribution >= 0.6 is 15.9 Å². The average Bonchev–Trinajstić information content (AvgIpc) is 3.31. The molecule has 0 amide bonds. The van der Waals surface area contributed by atoms with E-state index in [0.29, 0.717) is 52.7 Å². The van der Waals surface area contributed by atoms with E-state index in [1.807, 2.05) is 75.4 Å². The first-order valence-electron chi connectivity index (χ1n) is 14.1. The third-order valence-electron chi connectivity index (χ3n) is 7.85. The van der Waals surface area contributed by atoms with Crippen LogP contribution in [0, 0.1) is 29.5 Å². The Morgan fingerprint density at radius 1 is 1.07 bits per heavy atom. The highest BCUT2D eigenvalue weighted by Crippen LogP contribution is 2.52. The number of halogens is 2. The zero-order valence-electron chi connectivity index (χ0n) is 24.4. The van der Waals surface area contributed by atoms with Crippen molar-refractivity contribution in [1.29, 1.82) is 5.26 Å². The van der Waals surface area contributed by atoms with Gasteiger partial charge in [0, 0.05) is 16.5 Å². The standard InChI is InChI=1S/C34H30BrFN6O2/c1-20-29(33(44-25-15-11-22(36)12-16-25)41(39-20)24-7-5-4-6-8-24)30-26(19-37)32(38)42(40-23-13-9-21(35)10-14-23)27-17-34(2,3)18-28(43)31(27)30/h4-16,30,40H,17-18,38H2,1-3H3. The molecule has 3 aromatic carbocycles. The summed E-state index contributed by atoms with van der Waals surface area (Å²) >= 11 is 3.46. The first-order chi connectivity index (χ1) is 21.1. The van der Waals surface area contributed by atoms with Gasteiger partial charge in [0.1, 0.15) is 17.4 Å². The fraction of sp³-hybridized carbons (Fsp3) is 0.206. The summed E-state index contributed by atoms with van der Waals surface area (Å²) in [5.74, 6) is -0.449. The largest absolute Gasteiger partial charge is 0.439 e. The van der Waals surface area contributed by atoms with Crippen molar-refractivity contribution in [1.82, 2.24) is 14.8 Å². The Balaban J connectivity index is 1.58. The molecule has 0 saturated carbocycles. The minimum atomic E-state index is -0.838. The van der Waals surface area contributed by atoms with E-state index in [2.05, 4.69) is 27.4 Å². The van der Waals surface area contributed by atoms with Crippen LogP contribution in [0.25, 0.3) is 5.69 Å². The van der Waals surface area contributed by atoms with Crippen LogP contribution in [0.4, 0.5) is 10.1 Å². The van der Waals surface area contributed by atoms with E-state index in [-0.39, 0.29) is 22.6 Å². The Morgan fingerprint density at radius 2 is 1.75 bits per heavy atom. The number of anilines is 1. The molecule has 2 heterocycles. The molecule has 1 atom stereocenters. The summed E-state index contributed by atoms with van der Waals surface area (Å²) in [5.41, 5.74) is 13.7. The molecule has 6 rings (SSSR count). The van der Waals surface area contributed by atoms with Crippen molar-refractivity contribution in [3.63, 3.8) is 0 Å². The van der Waals surface area contributed by atoms with E-state index in [9.17, 15) is 14.4 Å². The number of allylic oxidation sites excluding steroid dienone is 3. The first-order valence-corrected chi connectivity index (χ1v) is 14.9. The number of nitrogens with zero attached hydrogens (tertiary/aromatic N) is 4. The molecule has 1 aromatic heterocycles. The van der Waals surface area contributed by atoms with Crippen LogP contribution in [0.1, 0.15) is 43.9 Å². The summed E-state index contributed by atoms with van der Waals surface area (Å²) in [6.45, 7) is 5.91. The molecule has 3 N–H and O–H groups in total. The summed E-state index contributed by atoms with van der Waals surface area (Å²) in [7, 11) is 0. The fourth-order valence-electron chi connectivity index (χ4n) is 5.89. The van der Waals surface area contributed by atoms with E-state index in [0.717, 1.165) is 10.2 Å². The molecule has 10 heteroatoms. The van der Waals surface area contributed by atoms with Gasteiger partial charge in [-0.15, -0.1) is 0 Å². The summed E-state index contributed by atoms with van der Waals surface area (Å²) in [6.07, 6.45) is 0.834. The van der Waals surface area contributed by atoms with Crippen LogP contribution in [0.2, 0.25) is 0 Å². The summed E-state index contributed by atoms with van der Waals surface area (Å²) in [5, 5.41) is 17.1. The van der Waals surface area contributed by atoms with Gasteiger partial charge in [0.25, 0.3) is 0 Å². The van der Waals surface area contributed by atoms with Gasteiger partial charge in [0.15, 0.2) is 5.78 Å². The smallest absolute Gasteiger partial charge is 0.227 e. The number of benzene rings is 3. The van der Waals surface area contributed by atoms with E-state index in [1.54, 1.807) is 9.69 Å². The van der Waals surface area contributed by atoms with Crippen LogP contribution in [0.5, 0.6) is 11.6 Å². The highest BCUT2D eigenvalue weighted by Gasteiger charge is 2.47. The third kappa shape index (κ3) is 5.35. The number of carbonyl (C=O) groups excluding carboxylic acids is 1. The number of rotatable bonds is 6. The molecule has 1 aliphatic carbocycles. The zero-order valence-corrected chi connectivity index (χ0v) is 26.0. The minimum absolute atomic E-state index is 0.0799. The molecule has 4 aromatic rings. The maximum Gasteiger partial charge on any atom is 0.227 e. The fourth-order valence-corrected chi connectivity index (χ4v) is 6.15. The number of ketones is 1. The number of aryl methyl sites for hydroxylation is 1. The number of nitrogens with two attached hydrogens (primary N) is 1. The molecule has 8 nitrogen and oxygen atoms in total. The lowest BCUT2D eigenvalue weighted by Gasteiger charge is -2.43. The number of nitriles is 1. The number of hydrazine groups is 1. The van der Waals surface area contributed by atoms with Crippen LogP contribution in [0.3, 0.4) is 0 Å². The molecule has 1 unspecified atom stereocenters. The van der Waals surface area contributed by atoms with Crippen molar-refractivity contribution >= 4 is 27.4 Å². The van der Waals surface area contributed by atoms with Gasteiger partial charge in [-0.05, 0) is 79.4 Å². The van der Waals surface area contributed by atoms with Crippen molar-refractivity contribution in [2.75, 3.05) is 5.43 Å². The molecule has 222 valence electrons. The van der Waals surface area contributed by atoms with Gasteiger partial charge in [-0.25, -0.2) is 14.1 Å². The normalized spacial score (nSPS) is 17.8. The van der Waals surface area contributed by atoms with Crippen LogP contribution < -0.4 is 15.9 Å². The second-order valence-corrected chi connectivity index (χ2v) is 12.6. The lowest BCUT2D eigenvalue weighted by Crippen LogP contribution is -2.44. The predicted molar refractivity (Wildman–Crippen MR) is 169 cm³/mol. The van der Waals surface area contributed by atoms with Gasteiger partial charge in [-0.2, -0.15) is 10.4 Å². The van der Waals surface area contributed by atoms with Gasteiger partial charge >= 0.3 is 0 Å². The minimum Gasteiger partial charge on any atom is -0.439 e. The van der Waals surface area contributed by atoms with E-state index >= 15 is 0 Å². The van der Waals surface area contributed by atoms with Crippen molar-refractivity contribution < 1.29 is 13.9 Å². The van der Waals surface area contributed by atoms with Crippen molar-refractivity contribution in [2.45, 2.75) is 39.5 Å². The quantitative estimate of drug-likeness (QED) is 0.220. The number of para-hydroxylation sites is 1. The Kier molecular flexibility index (Phi) is 7.51. The highest BCUT2D eigenvalue weighted by atomic mass is 79.9. The van der Waals surface area contributed by atoms with Crippen molar-refractivity contribution in [2.24, 2.45) is 11.1 Å². The van der Waals surface area contributed by atoms with Gasteiger partial charge in [0.2, 0.25) is 5.88 Å². The SMILES string of the molecule is Cc1nn(-c2ccccc2)c(Oc2ccc(F)cc2)c1C1C(C#N)=C(N)N(Nc2ccc(Br)cc2)C2=C1C(=O)CC(C)(C)C2. The average molecular weight is 654 g/mol. The van der Waals surface area contributed by atoms with E-state index in [4.69, 9.17) is 15.6 Å². The number of hydrogen-bond acceptors (Lipinski definition) is 7. The van der Waals surface area contributed by atoms with Gasteiger partial charge < -0.3 is 10.5 Å². The number of Topliss-reactive ketones (excluding diaryl/α,β-unsaturated/α-hetero) is 1. The summed E-state index contributed by atoms with van der Waals surface area (Å²) in [6, 6.07) is 25.0. The zero-order chi connectivity index (χ0) is 31.2. The maximum atomic E-state index is 14.1. The summed E-state index contributed by atoms with van der Waals surface area (Å²) < 4.78 is 22.8. The second kappa shape index (κ2) is 11.3. The number of hydrogen-bond donors (Lipinski definition) is 2. The second-order valence-electron chi connectivity index (χ2n) is 11.7. The molecule has 0 fully saturated rings. The maximum absolute atomic E-state index is 14.1. The van der Waals surface area contributed by atoms with Gasteiger partial charge in [-0.1, -0.05) is 48.0 Å². The molecular weight excluding hydrogens is 623 g/mol. The molecule has 2 aliphatic rings. The van der Waals surface area contributed by atoms with Gasteiger partial charge in [-0.3, -0.25) is 10.2 Å². The van der Waals surface area contributed by atoms with Crippen LogP contribution in [-0.2, 0) is 4.79 Å². The van der Waals surface area contributed by atoms with Crippen LogP contribution in [-0.4, -0.2) is 20.6 Å². The summed E-state index contributed by atoms with van der Waals surface area (Å²) in [4.78, 5) is 14.1. The highest BCUT2D eigenvalue weighted by molar-refractivity contribution is 9.10. The number of ether oxygens (including phenoxy) is 1. The van der Waals surface area contributed by atoms with Crippen molar-refractivity contribution in [3.8, 4) is 23.4 Å². The van der Waals surface area contributed by atoms with E-state index in [1.165, 1.54) is 24.3 Å². The number of aromatic nitrogens is 2. The molecule has 44 heavy (non-hydrogen) atoms. The molecule has 0 radical (unpaired) electrons. The molecule has 0 spiro atoms. The third-order valence-corrected chi connectivity index (χ3v) is 8.37.